The van der Waals surface area contributed by atoms with E-state index in [4.69, 9.17) is 9.47 Å². The first-order valence-electron chi connectivity index (χ1n) is 6.17. The molecule has 0 aliphatic carbocycles. The van der Waals surface area contributed by atoms with Gasteiger partial charge in [-0.15, -0.1) is 0 Å². The highest BCUT2D eigenvalue weighted by molar-refractivity contribution is 9.10. The van der Waals surface area contributed by atoms with Gasteiger partial charge < -0.3 is 14.4 Å². The molecule has 6 heteroatoms. The third-order valence-corrected chi connectivity index (χ3v) is 3.55. The molecule has 18 heavy (non-hydrogen) atoms. The quantitative estimate of drug-likeness (QED) is 0.834. The lowest BCUT2D eigenvalue weighted by Gasteiger charge is -2.24. The molecule has 100 valence electrons. The predicted molar refractivity (Wildman–Crippen MR) is 73.1 cm³/mol. The molecule has 1 atom stereocenters. The van der Waals surface area contributed by atoms with Crippen molar-refractivity contribution >= 4 is 21.9 Å². The van der Waals surface area contributed by atoms with Crippen LogP contribution in [-0.2, 0) is 4.74 Å². The van der Waals surface area contributed by atoms with Gasteiger partial charge in [0.25, 0.3) is 0 Å². The van der Waals surface area contributed by atoms with Gasteiger partial charge in [0.2, 0.25) is 11.8 Å². The molecule has 2 heterocycles. The maximum Gasteiger partial charge on any atom is 0.232 e. The van der Waals surface area contributed by atoms with E-state index < -0.39 is 0 Å². The Hall–Kier alpha value is -0.880. The maximum absolute atomic E-state index is 5.65. The van der Waals surface area contributed by atoms with Gasteiger partial charge in [-0.2, -0.15) is 4.98 Å². The van der Waals surface area contributed by atoms with Crippen LogP contribution in [0.3, 0.4) is 0 Å². The third-order valence-electron chi connectivity index (χ3n) is 3.01. The van der Waals surface area contributed by atoms with E-state index in [9.17, 15) is 0 Å². The first-order valence-corrected chi connectivity index (χ1v) is 6.97. The summed E-state index contributed by atoms with van der Waals surface area (Å²) in [6.45, 7) is 4.64. The van der Waals surface area contributed by atoms with Crippen molar-refractivity contribution in [2.45, 2.75) is 25.9 Å². The normalized spacial score (nSPS) is 18.9. The standard InChI is InChI=1S/C12H18BrN3O2/c1-3-16(8-9-5-4-6-18-9)12-14-7-10(13)11(15-12)17-2/h7,9H,3-6,8H2,1-2H3. The number of anilines is 1. The molecule has 1 saturated heterocycles. The Labute approximate surface area is 116 Å². The van der Waals surface area contributed by atoms with E-state index >= 15 is 0 Å². The van der Waals surface area contributed by atoms with Gasteiger partial charge in [0.05, 0.1) is 23.9 Å². The van der Waals surface area contributed by atoms with Gasteiger partial charge in [0, 0.05) is 19.7 Å². The summed E-state index contributed by atoms with van der Waals surface area (Å²) in [6.07, 6.45) is 4.28. The van der Waals surface area contributed by atoms with Crippen molar-refractivity contribution in [3.05, 3.63) is 10.7 Å². The SMILES string of the molecule is CCN(CC1CCCO1)c1ncc(Br)c(OC)n1. The topological polar surface area (TPSA) is 47.5 Å². The molecule has 1 fully saturated rings. The lowest BCUT2D eigenvalue weighted by atomic mass is 10.2. The first-order chi connectivity index (χ1) is 8.74. The monoisotopic (exact) mass is 315 g/mol. The number of methoxy groups -OCH3 is 1. The fraction of sp³-hybridized carbons (Fsp3) is 0.667. The van der Waals surface area contributed by atoms with Crippen LogP contribution in [-0.4, -0.2) is 42.9 Å². The van der Waals surface area contributed by atoms with E-state index in [1.807, 2.05) is 0 Å². The lowest BCUT2D eigenvalue weighted by Crippen LogP contribution is -2.33. The number of rotatable bonds is 5. The average molecular weight is 316 g/mol. The van der Waals surface area contributed by atoms with E-state index in [0.29, 0.717) is 17.9 Å². The Morgan fingerprint density at radius 1 is 1.61 bits per heavy atom. The highest BCUT2D eigenvalue weighted by Gasteiger charge is 2.20. The fourth-order valence-electron chi connectivity index (χ4n) is 2.02. The Bertz CT molecular complexity index is 397. The molecule has 0 radical (unpaired) electrons. The van der Waals surface area contributed by atoms with E-state index in [1.165, 1.54) is 0 Å². The second-order valence-corrected chi connectivity index (χ2v) is 5.06. The Morgan fingerprint density at radius 3 is 3.06 bits per heavy atom. The molecule has 0 spiro atoms. The molecule has 2 rings (SSSR count). The van der Waals surface area contributed by atoms with Crippen LogP contribution in [0.15, 0.2) is 10.7 Å². The highest BCUT2D eigenvalue weighted by atomic mass is 79.9. The second kappa shape index (κ2) is 6.33. The molecule has 1 unspecified atom stereocenters. The van der Waals surface area contributed by atoms with Crippen LogP contribution in [0.4, 0.5) is 5.95 Å². The summed E-state index contributed by atoms with van der Waals surface area (Å²) in [4.78, 5) is 10.8. The van der Waals surface area contributed by atoms with Crippen LogP contribution in [0.5, 0.6) is 5.88 Å². The zero-order valence-corrected chi connectivity index (χ0v) is 12.3. The lowest BCUT2D eigenvalue weighted by molar-refractivity contribution is 0.115. The summed E-state index contributed by atoms with van der Waals surface area (Å²) in [7, 11) is 1.60. The molecule has 1 aliphatic rings. The zero-order valence-electron chi connectivity index (χ0n) is 10.7. The zero-order chi connectivity index (χ0) is 13.0. The van der Waals surface area contributed by atoms with Crippen molar-refractivity contribution in [2.24, 2.45) is 0 Å². The third kappa shape index (κ3) is 3.11. The van der Waals surface area contributed by atoms with Gasteiger partial charge in [0.1, 0.15) is 0 Å². The van der Waals surface area contributed by atoms with Gasteiger partial charge in [-0.05, 0) is 35.7 Å². The molecule has 0 N–H and O–H groups in total. The van der Waals surface area contributed by atoms with Crippen LogP contribution in [0.25, 0.3) is 0 Å². The van der Waals surface area contributed by atoms with Gasteiger partial charge in [-0.3, -0.25) is 0 Å². The van der Waals surface area contributed by atoms with E-state index in [1.54, 1.807) is 13.3 Å². The van der Waals surface area contributed by atoms with Crippen LogP contribution in [0.1, 0.15) is 19.8 Å². The summed E-state index contributed by atoms with van der Waals surface area (Å²) in [6, 6.07) is 0. The summed E-state index contributed by atoms with van der Waals surface area (Å²) in [5, 5.41) is 0. The smallest absolute Gasteiger partial charge is 0.232 e. The molecule has 1 aromatic rings. The number of hydrogen-bond donors (Lipinski definition) is 0. The second-order valence-electron chi connectivity index (χ2n) is 4.20. The molecule has 0 bridgehead atoms. The van der Waals surface area contributed by atoms with Crippen molar-refractivity contribution in [1.29, 1.82) is 0 Å². The Balaban J connectivity index is 2.10. The van der Waals surface area contributed by atoms with Crippen molar-refractivity contribution in [3.63, 3.8) is 0 Å². The molecule has 1 aromatic heterocycles. The molecule has 1 aliphatic heterocycles. The van der Waals surface area contributed by atoms with Gasteiger partial charge in [-0.1, -0.05) is 0 Å². The van der Waals surface area contributed by atoms with Crippen LogP contribution < -0.4 is 9.64 Å². The van der Waals surface area contributed by atoms with Crippen LogP contribution in [0, 0.1) is 0 Å². The van der Waals surface area contributed by atoms with Crippen LogP contribution >= 0.6 is 15.9 Å². The van der Waals surface area contributed by atoms with Crippen molar-refractivity contribution in [2.75, 3.05) is 31.7 Å². The number of nitrogens with zero attached hydrogens (tertiary/aromatic N) is 3. The molecule has 5 nitrogen and oxygen atoms in total. The van der Waals surface area contributed by atoms with Crippen LogP contribution in [0.2, 0.25) is 0 Å². The number of halogens is 1. The Morgan fingerprint density at radius 2 is 2.44 bits per heavy atom. The van der Waals surface area contributed by atoms with E-state index in [0.717, 1.165) is 37.0 Å². The summed E-state index contributed by atoms with van der Waals surface area (Å²) in [5.74, 6) is 1.25. The summed E-state index contributed by atoms with van der Waals surface area (Å²) in [5.41, 5.74) is 0. The number of hydrogen-bond acceptors (Lipinski definition) is 5. The van der Waals surface area contributed by atoms with Gasteiger partial charge in [0.15, 0.2) is 0 Å². The number of likely N-dealkylation sites (N-methyl/N-ethyl adjacent to an activating group) is 1. The van der Waals surface area contributed by atoms with E-state index in [2.05, 4.69) is 37.7 Å². The Kier molecular flexibility index (Phi) is 4.77. The minimum Gasteiger partial charge on any atom is -0.480 e. The maximum atomic E-state index is 5.65. The molecule has 0 saturated carbocycles. The van der Waals surface area contributed by atoms with Crippen molar-refractivity contribution in [3.8, 4) is 5.88 Å². The average Bonchev–Trinajstić information content (AvgIpc) is 2.89. The van der Waals surface area contributed by atoms with Crippen molar-refractivity contribution in [1.82, 2.24) is 9.97 Å². The van der Waals surface area contributed by atoms with E-state index in [-0.39, 0.29) is 0 Å². The summed E-state index contributed by atoms with van der Waals surface area (Å²) >= 11 is 3.36. The fourth-order valence-corrected chi connectivity index (χ4v) is 2.38. The van der Waals surface area contributed by atoms with Crippen molar-refractivity contribution < 1.29 is 9.47 Å². The highest BCUT2D eigenvalue weighted by Crippen LogP contribution is 2.24. The van der Waals surface area contributed by atoms with Gasteiger partial charge >= 0.3 is 0 Å². The molecule has 0 aromatic carbocycles. The minimum atomic E-state index is 0.295. The largest absolute Gasteiger partial charge is 0.480 e. The summed E-state index contributed by atoms with van der Waals surface area (Å²) < 4.78 is 11.6. The number of aromatic nitrogens is 2. The molecular weight excluding hydrogens is 298 g/mol. The van der Waals surface area contributed by atoms with Gasteiger partial charge in [-0.25, -0.2) is 4.98 Å². The minimum absolute atomic E-state index is 0.295. The first kappa shape index (κ1) is 13.5. The molecular formula is C12H18BrN3O2. The molecule has 0 amide bonds. The predicted octanol–water partition coefficient (Wildman–Crippen LogP) is 2.25. The number of ether oxygens (including phenoxy) is 2.